The smallest absolute Gasteiger partial charge is 0.253 e. The molecule has 0 unspecified atom stereocenters. The van der Waals surface area contributed by atoms with Crippen LogP contribution in [0, 0.1) is 18.3 Å². The average Bonchev–Trinajstić information content (AvgIpc) is 3.00. The number of hydrogen-bond donors (Lipinski definition) is 0. The minimum absolute atomic E-state index is 0.0404. The number of nitriles is 1. The van der Waals surface area contributed by atoms with Crippen LogP contribution in [0.25, 0.3) is 0 Å². The third-order valence-corrected chi connectivity index (χ3v) is 4.79. The molecule has 5 nitrogen and oxygen atoms in total. The Bertz CT molecular complexity index is 724. The van der Waals surface area contributed by atoms with Crippen LogP contribution < -0.4 is 0 Å². The highest BCUT2D eigenvalue weighted by Crippen LogP contribution is 2.14. The molecule has 1 aromatic heterocycles. The van der Waals surface area contributed by atoms with E-state index in [2.05, 4.69) is 21.3 Å². The number of aromatic nitrogens is 1. The number of nitrogens with zero attached hydrogens (tertiary/aromatic N) is 4. The molecule has 0 saturated carbocycles. The number of rotatable bonds is 3. The van der Waals surface area contributed by atoms with Gasteiger partial charge in [0.15, 0.2) is 0 Å². The van der Waals surface area contributed by atoms with E-state index in [-0.39, 0.29) is 5.91 Å². The topological polar surface area (TPSA) is 60.2 Å². The molecule has 23 heavy (non-hydrogen) atoms. The highest BCUT2D eigenvalue weighted by molar-refractivity contribution is 7.09. The molecule has 1 aliphatic rings. The SMILES string of the molecule is Cc1nc(CN2CCN(C(=O)c3ccc(C#N)cc3)CC2)cs1. The molecule has 0 aliphatic carbocycles. The molecule has 2 aromatic rings. The number of piperazine rings is 1. The highest BCUT2D eigenvalue weighted by Gasteiger charge is 2.22. The Morgan fingerprint density at radius 2 is 1.96 bits per heavy atom. The Morgan fingerprint density at radius 1 is 1.26 bits per heavy atom. The van der Waals surface area contributed by atoms with E-state index < -0.39 is 0 Å². The maximum absolute atomic E-state index is 12.5. The fourth-order valence-corrected chi connectivity index (χ4v) is 3.29. The van der Waals surface area contributed by atoms with Gasteiger partial charge < -0.3 is 4.90 Å². The van der Waals surface area contributed by atoms with Crippen LogP contribution in [-0.2, 0) is 6.54 Å². The van der Waals surface area contributed by atoms with Crippen LogP contribution in [-0.4, -0.2) is 46.9 Å². The van der Waals surface area contributed by atoms with Crippen molar-refractivity contribution >= 4 is 17.2 Å². The summed E-state index contributed by atoms with van der Waals surface area (Å²) in [6.45, 7) is 6.03. The molecule has 0 atom stereocenters. The van der Waals surface area contributed by atoms with E-state index in [1.807, 2.05) is 11.8 Å². The van der Waals surface area contributed by atoms with Gasteiger partial charge in [-0.05, 0) is 31.2 Å². The normalized spacial score (nSPS) is 15.4. The lowest BCUT2D eigenvalue weighted by Crippen LogP contribution is -2.48. The summed E-state index contributed by atoms with van der Waals surface area (Å²) in [5.41, 5.74) is 2.33. The number of aryl methyl sites for hydroxylation is 1. The molecule has 3 rings (SSSR count). The summed E-state index contributed by atoms with van der Waals surface area (Å²) in [5, 5.41) is 12.0. The molecule has 1 fully saturated rings. The Balaban J connectivity index is 1.55. The third kappa shape index (κ3) is 3.76. The molecular weight excluding hydrogens is 308 g/mol. The summed E-state index contributed by atoms with van der Waals surface area (Å²) in [7, 11) is 0. The molecule has 2 heterocycles. The van der Waals surface area contributed by atoms with Crippen molar-refractivity contribution in [1.29, 1.82) is 5.26 Å². The lowest BCUT2D eigenvalue weighted by atomic mass is 10.1. The van der Waals surface area contributed by atoms with Crippen molar-refractivity contribution in [2.75, 3.05) is 26.2 Å². The zero-order valence-electron chi connectivity index (χ0n) is 13.0. The zero-order chi connectivity index (χ0) is 16.2. The first-order valence-corrected chi connectivity index (χ1v) is 8.46. The van der Waals surface area contributed by atoms with Crippen molar-refractivity contribution in [3.63, 3.8) is 0 Å². The highest BCUT2D eigenvalue weighted by atomic mass is 32.1. The molecule has 0 bridgehead atoms. The van der Waals surface area contributed by atoms with Crippen LogP contribution in [0.4, 0.5) is 0 Å². The van der Waals surface area contributed by atoms with Gasteiger partial charge in [0.25, 0.3) is 5.91 Å². The van der Waals surface area contributed by atoms with E-state index in [0.29, 0.717) is 11.1 Å². The first-order chi connectivity index (χ1) is 11.2. The molecular formula is C17H18N4OS. The third-order valence-electron chi connectivity index (χ3n) is 3.97. The molecule has 0 spiro atoms. The fraction of sp³-hybridized carbons (Fsp3) is 0.353. The van der Waals surface area contributed by atoms with E-state index >= 15 is 0 Å². The van der Waals surface area contributed by atoms with Gasteiger partial charge in [-0.25, -0.2) is 4.98 Å². The largest absolute Gasteiger partial charge is 0.336 e. The van der Waals surface area contributed by atoms with Crippen LogP contribution in [0.5, 0.6) is 0 Å². The van der Waals surface area contributed by atoms with Crippen molar-refractivity contribution in [1.82, 2.24) is 14.8 Å². The second-order valence-electron chi connectivity index (χ2n) is 5.62. The van der Waals surface area contributed by atoms with Crippen LogP contribution in [0.15, 0.2) is 29.6 Å². The summed E-state index contributed by atoms with van der Waals surface area (Å²) < 4.78 is 0. The Morgan fingerprint density at radius 3 is 2.52 bits per heavy atom. The number of amides is 1. The van der Waals surface area contributed by atoms with Gasteiger partial charge in [-0.2, -0.15) is 5.26 Å². The molecule has 1 aromatic carbocycles. The first-order valence-electron chi connectivity index (χ1n) is 7.58. The van der Waals surface area contributed by atoms with Crippen molar-refractivity contribution in [2.45, 2.75) is 13.5 Å². The molecule has 0 radical (unpaired) electrons. The van der Waals surface area contributed by atoms with E-state index in [0.717, 1.165) is 43.4 Å². The van der Waals surface area contributed by atoms with Crippen LogP contribution in [0.2, 0.25) is 0 Å². The number of benzene rings is 1. The van der Waals surface area contributed by atoms with Gasteiger partial charge in [0, 0.05) is 43.7 Å². The average molecular weight is 326 g/mol. The van der Waals surface area contributed by atoms with Gasteiger partial charge in [-0.15, -0.1) is 11.3 Å². The second-order valence-corrected chi connectivity index (χ2v) is 6.68. The lowest BCUT2D eigenvalue weighted by Gasteiger charge is -2.34. The minimum atomic E-state index is 0.0404. The number of hydrogen-bond acceptors (Lipinski definition) is 5. The minimum Gasteiger partial charge on any atom is -0.336 e. The Kier molecular flexibility index (Phi) is 4.70. The standard InChI is InChI=1S/C17H18N4OS/c1-13-19-16(12-23-13)11-20-6-8-21(9-7-20)17(22)15-4-2-14(10-18)3-5-15/h2-5,12H,6-9,11H2,1H3. The quantitative estimate of drug-likeness (QED) is 0.868. The van der Waals surface area contributed by atoms with Gasteiger partial charge in [0.05, 0.1) is 22.3 Å². The van der Waals surface area contributed by atoms with Crippen LogP contribution >= 0.6 is 11.3 Å². The van der Waals surface area contributed by atoms with Crippen LogP contribution in [0.1, 0.15) is 26.6 Å². The summed E-state index contributed by atoms with van der Waals surface area (Å²) >= 11 is 1.67. The van der Waals surface area contributed by atoms with Gasteiger partial charge in [-0.1, -0.05) is 0 Å². The predicted octanol–water partition coefficient (Wildman–Crippen LogP) is 2.28. The van der Waals surface area contributed by atoms with E-state index in [9.17, 15) is 4.79 Å². The van der Waals surface area contributed by atoms with E-state index in [4.69, 9.17) is 5.26 Å². The molecule has 0 N–H and O–H groups in total. The fourth-order valence-electron chi connectivity index (χ4n) is 2.69. The van der Waals surface area contributed by atoms with E-state index in [1.165, 1.54) is 0 Å². The Hall–Kier alpha value is -2.23. The number of thiazole rings is 1. The van der Waals surface area contributed by atoms with Crippen molar-refractivity contribution in [3.05, 3.63) is 51.5 Å². The summed E-state index contributed by atoms with van der Waals surface area (Å²) in [4.78, 5) is 21.2. The Labute approximate surface area is 139 Å². The summed E-state index contributed by atoms with van der Waals surface area (Å²) in [6.07, 6.45) is 0. The molecule has 1 saturated heterocycles. The second kappa shape index (κ2) is 6.90. The summed E-state index contributed by atoms with van der Waals surface area (Å²) in [5.74, 6) is 0.0404. The first kappa shape index (κ1) is 15.7. The lowest BCUT2D eigenvalue weighted by molar-refractivity contribution is 0.0627. The monoisotopic (exact) mass is 326 g/mol. The van der Waals surface area contributed by atoms with Crippen molar-refractivity contribution in [3.8, 4) is 6.07 Å². The number of carbonyl (C=O) groups is 1. The van der Waals surface area contributed by atoms with Gasteiger partial charge in [-0.3, -0.25) is 9.69 Å². The van der Waals surface area contributed by atoms with Crippen molar-refractivity contribution < 1.29 is 4.79 Å². The molecule has 1 amide bonds. The predicted molar refractivity (Wildman–Crippen MR) is 89.2 cm³/mol. The number of carbonyl (C=O) groups excluding carboxylic acids is 1. The summed E-state index contributed by atoms with van der Waals surface area (Å²) in [6, 6.07) is 8.90. The van der Waals surface area contributed by atoms with Crippen LogP contribution in [0.3, 0.4) is 0 Å². The maximum Gasteiger partial charge on any atom is 0.253 e. The van der Waals surface area contributed by atoms with Crippen molar-refractivity contribution in [2.24, 2.45) is 0 Å². The zero-order valence-corrected chi connectivity index (χ0v) is 13.8. The van der Waals surface area contributed by atoms with E-state index in [1.54, 1.807) is 35.6 Å². The maximum atomic E-state index is 12.5. The van der Waals surface area contributed by atoms with Gasteiger partial charge in [0.1, 0.15) is 0 Å². The molecule has 118 valence electrons. The van der Waals surface area contributed by atoms with Gasteiger partial charge in [0.2, 0.25) is 0 Å². The molecule has 6 heteroatoms. The molecule has 1 aliphatic heterocycles. The van der Waals surface area contributed by atoms with Gasteiger partial charge >= 0.3 is 0 Å².